The van der Waals surface area contributed by atoms with Gasteiger partial charge >= 0.3 is 0 Å². The van der Waals surface area contributed by atoms with Gasteiger partial charge in [-0.25, -0.2) is 0 Å². The van der Waals surface area contributed by atoms with Gasteiger partial charge in [0.2, 0.25) is 0 Å². The first kappa shape index (κ1) is 17.2. The second-order valence-corrected chi connectivity index (χ2v) is 6.19. The van der Waals surface area contributed by atoms with Gasteiger partial charge in [0, 0.05) is 17.8 Å². The number of thiophene rings is 1. The van der Waals surface area contributed by atoms with Crippen molar-refractivity contribution in [3.05, 3.63) is 21.9 Å². The molecule has 1 rings (SSSR count). The highest BCUT2D eigenvalue weighted by Crippen LogP contribution is 2.18. The topological polar surface area (TPSA) is 23.5 Å². The molecule has 1 N–H and O–H groups in total. The second-order valence-electron chi connectivity index (χ2n) is 5.02. The van der Waals surface area contributed by atoms with Crippen LogP contribution in [-0.4, -0.2) is 29.7 Å². The lowest BCUT2D eigenvalue weighted by Gasteiger charge is -2.21. The Labute approximate surface area is 127 Å². The predicted octanol–water partition coefficient (Wildman–Crippen LogP) is 3.88. The van der Waals surface area contributed by atoms with Crippen LogP contribution in [0.3, 0.4) is 0 Å². The highest BCUT2D eigenvalue weighted by Gasteiger charge is 2.07. The van der Waals surface area contributed by atoms with Crippen LogP contribution in [0.25, 0.3) is 0 Å². The summed E-state index contributed by atoms with van der Waals surface area (Å²) in [6, 6.07) is 4.29. The van der Waals surface area contributed by atoms with Gasteiger partial charge < -0.3 is 5.11 Å². The van der Waals surface area contributed by atoms with Crippen LogP contribution in [0, 0.1) is 11.8 Å². The molecule has 1 heterocycles. The van der Waals surface area contributed by atoms with Crippen LogP contribution in [-0.2, 0) is 6.54 Å². The van der Waals surface area contributed by atoms with Crippen molar-refractivity contribution in [2.75, 3.05) is 19.7 Å². The molecule has 1 aromatic rings. The highest BCUT2D eigenvalue weighted by molar-refractivity contribution is 7.12. The quantitative estimate of drug-likeness (QED) is 0.698. The van der Waals surface area contributed by atoms with E-state index >= 15 is 0 Å². The first-order valence-corrected chi connectivity index (χ1v) is 8.52. The Balaban J connectivity index is 2.52. The fraction of sp³-hybridized carbons (Fsp3) is 0.647. The maximum Gasteiger partial charge on any atom is 0.0771 e. The molecule has 0 atom stereocenters. The molecular formula is C17H27NOS. The van der Waals surface area contributed by atoms with Crippen molar-refractivity contribution >= 4 is 11.3 Å². The third-order valence-corrected chi connectivity index (χ3v) is 4.13. The van der Waals surface area contributed by atoms with E-state index in [-0.39, 0.29) is 6.61 Å². The molecule has 0 bridgehead atoms. The van der Waals surface area contributed by atoms with Crippen molar-refractivity contribution in [3.63, 3.8) is 0 Å². The third kappa shape index (κ3) is 7.09. The smallest absolute Gasteiger partial charge is 0.0771 e. The molecular weight excluding hydrogens is 266 g/mol. The van der Waals surface area contributed by atoms with Gasteiger partial charge in [-0.2, -0.15) is 0 Å². The first-order valence-electron chi connectivity index (χ1n) is 7.71. The number of rotatable bonds is 9. The minimum absolute atomic E-state index is 0.146. The van der Waals surface area contributed by atoms with Gasteiger partial charge in [0.25, 0.3) is 0 Å². The van der Waals surface area contributed by atoms with E-state index in [0.717, 1.165) is 11.4 Å². The number of hydrogen-bond acceptors (Lipinski definition) is 3. The van der Waals surface area contributed by atoms with Crippen LogP contribution in [0.15, 0.2) is 12.1 Å². The molecule has 0 radical (unpaired) electrons. The maximum absolute atomic E-state index is 8.73. The summed E-state index contributed by atoms with van der Waals surface area (Å²) in [6.07, 6.45) is 5.62. The second kappa shape index (κ2) is 10.9. The Morgan fingerprint density at radius 1 is 1.15 bits per heavy atom. The first-order chi connectivity index (χ1) is 9.80. The van der Waals surface area contributed by atoms with Crippen molar-refractivity contribution in [1.82, 2.24) is 4.90 Å². The van der Waals surface area contributed by atoms with Gasteiger partial charge in [-0.3, -0.25) is 4.90 Å². The van der Waals surface area contributed by atoms with E-state index in [1.54, 1.807) is 11.3 Å². The largest absolute Gasteiger partial charge is 0.395 e. The average molecular weight is 293 g/mol. The zero-order valence-electron chi connectivity index (χ0n) is 12.8. The summed E-state index contributed by atoms with van der Waals surface area (Å²) in [7, 11) is 0. The Kier molecular flexibility index (Phi) is 9.40. The van der Waals surface area contributed by atoms with Gasteiger partial charge in [0.05, 0.1) is 11.5 Å². The van der Waals surface area contributed by atoms with E-state index in [0.29, 0.717) is 6.42 Å². The van der Waals surface area contributed by atoms with E-state index in [1.165, 1.54) is 43.6 Å². The normalized spacial score (nSPS) is 10.6. The molecule has 0 saturated carbocycles. The molecule has 0 aliphatic rings. The molecule has 0 saturated heterocycles. The summed E-state index contributed by atoms with van der Waals surface area (Å²) >= 11 is 1.78. The summed E-state index contributed by atoms with van der Waals surface area (Å²) in [4.78, 5) is 5.06. The maximum atomic E-state index is 8.73. The Hall–Kier alpha value is -0.820. The fourth-order valence-electron chi connectivity index (χ4n) is 1.99. The van der Waals surface area contributed by atoms with Crippen LogP contribution >= 0.6 is 11.3 Å². The summed E-state index contributed by atoms with van der Waals surface area (Å²) in [6.45, 7) is 8.08. The number of nitrogens with zero attached hydrogens (tertiary/aromatic N) is 1. The van der Waals surface area contributed by atoms with Crippen molar-refractivity contribution in [3.8, 4) is 11.8 Å². The third-order valence-electron chi connectivity index (χ3n) is 3.15. The minimum atomic E-state index is 0.146. The monoisotopic (exact) mass is 293 g/mol. The molecule has 0 aliphatic heterocycles. The highest BCUT2D eigenvalue weighted by atomic mass is 32.1. The molecule has 0 unspecified atom stereocenters. The SMILES string of the molecule is CCCCN(CCCC)Cc1ccc(C#CCCO)s1. The average Bonchev–Trinajstić information content (AvgIpc) is 2.89. The molecule has 1 aromatic heterocycles. The number of unbranched alkanes of at least 4 members (excludes halogenated alkanes) is 2. The number of aliphatic hydroxyl groups is 1. The van der Waals surface area contributed by atoms with Crippen molar-refractivity contribution < 1.29 is 5.11 Å². The van der Waals surface area contributed by atoms with Crippen LogP contribution in [0.1, 0.15) is 55.7 Å². The van der Waals surface area contributed by atoms with E-state index in [4.69, 9.17) is 5.11 Å². The molecule has 0 aromatic carbocycles. The van der Waals surface area contributed by atoms with Crippen molar-refractivity contribution in [2.45, 2.75) is 52.5 Å². The molecule has 3 heteroatoms. The van der Waals surface area contributed by atoms with Gasteiger partial charge in [-0.1, -0.05) is 38.5 Å². The van der Waals surface area contributed by atoms with E-state index in [2.05, 4.69) is 42.7 Å². The van der Waals surface area contributed by atoms with Crippen LogP contribution in [0.5, 0.6) is 0 Å². The lowest BCUT2D eigenvalue weighted by atomic mass is 10.2. The summed E-state index contributed by atoms with van der Waals surface area (Å²) in [5.74, 6) is 6.10. The number of hydrogen-bond donors (Lipinski definition) is 1. The van der Waals surface area contributed by atoms with E-state index in [1.807, 2.05) is 0 Å². The molecule has 112 valence electrons. The van der Waals surface area contributed by atoms with Gasteiger partial charge in [-0.15, -0.1) is 11.3 Å². The fourth-order valence-corrected chi connectivity index (χ4v) is 2.91. The Morgan fingerprint density at radius 2 is 1.85 bits per heavy atom. The van der Waals surface area contributed by atoms with Gasteiger partial charge in [-0.05, 0) is 38.1 Å². The summed E-state index contributed by atoms with van der Waals surface area (Å²) in [5.41, 5.74) is 0. The standard InChI is InChI=1S/C17H27NOS/c1-3-5-12-18(13-6-4-2)15-17-11-10-16(20-17)9-7-8-14-19/h10-11,19H,3-6,8,12-15H2,1-2H3. The van der Waals surface area contributed by atoms with Crippen LogP contribution in [0.4, 0.5) is 0 Å². The van der Waals surface area contributed by atoms with Gasteiger partial charge in [0.1, 0.15) is 0 Å². The lowest BCUT2D eigenvalue weighted by Crippen LogP contribution is -2.25. The molecule has 2 nitrogen and oxygen atoms in total. The Bertz CT molecular complexity index is 408. The molecule has 20 heavy (non-hydrogen) atoms. The van der Waals surface area contributed by atoms with Gasteiger partial charge in [0.15, 0.2) is 0 Å². The molecule has 0 aliphatic carbocycles. The summed E-state index contributed by atoms with van der Waals surface area (Å²) in [5, 5.41) is 8.73. The zero-order valence-corrected chi connectivity index (χ0v) is 13.6. The van der Waals surface area contributed by atoms with E-state index < -0.39 is 0 Å². The lowest BCUT2D eigenvalue weighted by molar-refractivity contribution is 0.259. The van der Waals surface area contributed by atoms with Crippen LogP contribution in [0.2, 0.25) is 0 Å². The van der Waals surface area contributed by atoms with Crippen molar-refractivity contribution in [1.29, 1.82) is 0 Å². The van der Waals surface area contributed by atoms with Crippen LogP contribution < -0.4 is 0 Å². The predicted molar refractivity (Wildman–Crippen MR) is 88.0 cm³/mol. The molecule has 0 amide bonds. The summed E-state index contributed by atoms with van der Waals surface area (Å²) < 4.78 is 0. The van der Waals surface area contributed by atoms with E-state index in [9.17, 15) is 0 Å². The molecule has 0 spiro atoms. The van der Waals surface area contributed by atoms with Crippen molar-refractivity contribution in [2.24, 2.45) is 0 Å². The number of aliphatic hydroxyl groups excluding tert-OH is 1. The zero-order chi connectivity index (χ0) is 14.6. The Morgan fingerprint density at radius 3 is 2.45 bits per heavy atom. The minimum Gasteiger partial charge on any atom is -0.395 e. The molecule has 0 fully saturated rings.